The predicted octanol–water partition coefficient (Wildman–Crippen LogP) is 4.85. The molecule has 2 rings (SSSR count). The molecule has 1 aliphatic rings. The van der Waals surface area contributed by atoms with E-state index in [1.165, 1.54) is 12.1 Å². The molecule has 4 heteroatoms. The zero-order valence-electron chi connectivity index (χ0n) is 11.1. The molecule has 1 aromatic carbocycles. The van der Waals surface area contributed by atoms with Crippen molar-refractivity contribution in [1.29, 1.82) is 0 Å². The summed E-state index contributed by atoms with van der Waals surface area (Å²) in [6.07, 6.45) is 1.20. The molecule has 108 valence electrons. The first-order valence-corrected chi connectivity index (χ1v) is 6.54. The third-order valence-electron chi connectivity index (χ3n) is 3.74. The molecule has 1 nitrogen and oxygen atoms in total. The van der Waals surface area contributed by atoms with Crippen LogP contribution in [0.2, 0.25) is 0 Å². The first-order chi connectivity index (χ1) is 9.45. The van der Waals surface area contributed by atoms with Gasteiger partial charge in [0.1, 0.15) is 11.9 Å². The Morgan fingerprint density at radius 3 is 1.90 bits per heavy atom. The van der Waals surface area contributed by atoms with Crippen molar-refractivity contribution in [1.82, 2.24) is 0 Å². The largest absolute Gasteiger partial charge is 0.489 e. The molecule has 0 amide bonds. The molecule has 1 saturated carbocycles. The summed E-state index contributed by atoms with van der Waals surface area (Å²) in [6.45, 7) is 7.57. The van der Waals surface area contributed by atoms with Crippen molar-refractivity contribution in [3.63, 3.8) is 0 Å². The number of alkyl halides is 3. The van der Waals surface area contributed by atoms with E-state index in [0.29, 0.717) is 5.75 Å². The maximum absolute atomic E-state index is 12.5. The third-order valence-corrected chi connectivity index (χ3v) is 3.74. The molecular formula is C16H17F3O. The fourth-order valence-electron chi connectivity index (χ4n) is 2.59. The average Bonchev–Trinajstić information content (AvgIpc) is 2.80. The monoisotopic (exact) mass is 282 g/mol. The highest BCUT2D eigenvalue weighted by atomic mass is 19.4. The van der Waals surface area contributed by atoms with Gasteiger partial charge >= 0.3 is 6.18 Å². The zero-order chi connectivity index (χ0) is 14.8. The molecule has 0 heterocycles. The fourth-order valence-corrected chi connectivity index (χ4v) is 2.59. The summed E-state index contributed by atoms with van der Waals surface area (Å²) >= 11 is 0. The van der Waals surface area contributed by atoms with Crippen molar-refractivity contribution < 1.29 is 17.9 Å². The van der Waals surface area contributed by atoms with Crippen LogP contribution in [0.15, 0.2) is 49.6 Å². The zero-order valence-corrected chi connectivity index (χ0v) is 11.1. The first kappa shape index (κ1) is 14.7. The molecule has 0 radical (unpaired) electrons. The van der Waals surface area contributed by atoms with Gasteiger partial charge in [-0.15, -0.1) is 13.2 Å². The number of halogens is 3. The van der Waals surface area contributed by atoms with E-state index in [1.54, 1.807) is 0 Å². The van der Waals surface area contributed by atoms with E-state index in [1.807, 2.05) is 12.2 Å². The van der Waals surface area contributed by atoms with Gasteiger partial charge in [-0.1, -0.05) is 12.2 Å². The van der Waals surface area contributed by atoms with Gasteiger partial charge in [-0.2, -0.15) is 13.2 Å². The van der Waals surface area contributed by atoms with Crippen molar-refractivity contribution >= 4 is 0 Å². The summed E-state index contributed by atoms with van der Waals surface area (Å²) in [5.74, 6) is 0.865. The topological polar surface area (TPSA) is 9.23 Å². The molecule has 0 aromatic heterocycles. The fraction of sp³-hybridized carbons (Fsp3) is 0.375. The smallest absolute Gasteiger partial charge is 0.416 e. The minimum absolute atomic E-state index is 0.0956. The van der Waals surface area contributed by atoms with E-state index >= 15 is 0 Å². The van der Waals surface area contributed by atoms with Crippen LogP contribution in [-0.2, 0) is 6.18 Å². The molecule has 0 bridgehead atoms. The maximum Gasteiger partial charge on any atom is 0.416 e. The van der Waals surface area contributed by atoms with E-state index in [0.717, 1.165) is 25.0 Å². The highest BCUT2D eigenvalue weighted by Crippen LogP contribution is 2.36. The van der Waals surface area contributed by atoms with Crippen LogP contribution in [-0.4, -0.2) is 6.10 Å². The lowest BCUT2D eigenvalue weighted by atomic mass is 10.0. The van der Waals surface area contributed by atoms with Crippen LogP contribution in [0.4, 0.5) is 13.2 Å². The number of hydrogen-bond acceptors (Lipinski definition) is 1. The Bertz CT molecular complexity index is 459. The second-order valence-corrected chi connectivity index (χ2v) is 4.98. The van der Waals surface area contributed by atoms with Gasteiger partial charge in [-0.3, -0.25) is 0 Å². The van der Waals surface area contributed by atoms with Gasteiger partial charge in [0, 0.05) is 11.8 Å². The Kier molecular flexibility index (Phi) is 4.21. The molecule has 1 fully saturated rings. The van der Waals surface area contributed by atoms with Crippen LogP contribution >= 0.6 is 0 Å². The summed E-state index contributed by atoms with van der Waals surface area (Å²) in [4.78, 5) is 0. The molecule has 1 aliphatic carbocycles. The minimum Gasteiger partial charge on any atom is -0.489 e. The molecule has 20 heavy (non-hydrogen) atoms. The van der Waals surface area contributed by atoms with Crippen molar-refractivity contribution in [2.45, 2.75) is 25.1 Å². The van der Waals surface area contributed by atoms with Crippen LogP contribution in [0.25, 0.3) is 0 Å². The normalized spacial score (nSPS) is 26.2. The Morgan fingerprint density at radius 2 is 1.50 bits per heavy atom. The van der Waals surface area contributed by atoms with E-state index in [-0.39, 0.29) is 17.9 Å². The van der Waals surface area contributed by atoms with Crippen molar-refractivity contribution in [3.8, 4) is 5.75 Å². The number of benzene rings is 1. The number of hydrogen-bond donors (Lipinski definition) is 0. The lowest BCUT2D eigenvalue weighted by Gasteiger charge is -2.23. The number of rotatable bonds is 4. The van der Waals surface area contributed by atoms with E-state index in [4.69, 9.17) is 4.74 Å². The van der Waals surface area contributed by atoms with Gasteiger partial charge in [-0.05, 0) is 37.1 Å². The van der Waals surface area contributed by atoms with Gasteiger partial charge in [0.2, 0.25) is 0 Å². The van der Waals surface area contributed by atoms with Crippen LogP contribution < -0.4 is 4.74 Å². The Labute approximate surface area is 116 Å². The van der Waals surface area contributed by atoms with E-state index in [9.17, 15) is 13.2 Å². The second-order valence-electron chi connectivity index (χ2n) is 4.98. The van der Waals surface area contributed by atoms with Crippen LogP contribution in [0.3, 0.4) is 0 Å². The molecule has 0 unspecified atom stereocenters. The molecule has 3 atom stereocenters. The van der Waals surface area contributed by atoms with Crippen LogP contribution in [0.1, 0.15) is 18.4 Å². The molecule has 0 saturated heterocycles. The summed E-state index contributed by atoms with van der Waals surface area (Å²) in [7, 11) is 0. The number of ether oxygens (including phenoxy) is 1. The second kappa shape index (κ2) is 5.73. The minimum atomic E-state index is -4.32. The van der Waals surface area contributed by atoms with Crippen molar-refractivity contribution in [3.05, 3.63) is 55.1 Å². The van der Waals surface area contributed by atoms with E-state index < -0.39 is 11.7 Å². The van der Waals surface area contributed by atoms with Gasteiger partial charge < -0.3 is 4.74 Å². The molecule has 0 N–H and O–H groups in total. The van der Waals surface area contributed by atoms with Gasteiger partial charge in [0.15, 0.2) is 0 Å². The summed E-state index contributed by atoms with van der Waals surface area (Å²) in [6, 6.07) is 4.80. The lowest BCUT2D eigenvalue weighted by Crippen LogP contribution is -2.26. The van der Waals surface area contributed by atoms with Crippen LogP contribution in [0, 0.1) is 11.8 Å². The molecule has 0 aliphatic heterocycles. The first-order valence-electron chi connectivity index (χ1n) is 6.54. The van der Waals surface area contributed by atoms with Crippen LogP contribution in [0.5, 0.6) is 5.75 Å². The average molecular weight is 282 g/mol. The highest BCUT2D eigenvalue weighted by Gasteiger charge is 2.35. The standard InChI is InChI=1S/C16H17F3O/c1-3-11-5-6-12(4-2)15(11)20-14-9-7-13(8-10-14)16(17,18)19/h3-4,7-12,15H,1-2,5-6H2/t11-,12+,15+. The Balaban J connectivity index is 2.12. The van der Waals surface area contributed by atoms with Gasteiger partial charge in [-0.25, -0.2) is 0 Å². The van der Waals surface area contributed by atoms with Gasteiger partial charge in [0.25, 0.3) is 0 Å². The highest BCUT2D eigenvalue weighted by molar-refractivity contribution is 5.29. The Morgan fingerprint density at radius 1 is 1.00 bits per heavy atom. The third kappa shape index (κ3) is 3.06. The van der Waals surface area contributed by atoms with Crippen molar-refractivity contribution in [2.75, 3.05) is 0 Å². The summed E-state index contributed by atoms with van der Waals surface area (Å²) in [5, 5.41) is 0. The van der Waals surface area contributed by atoms with Gasteiger partial charge in [0.05, 0.1) is 5.56 Å². The molecular weight excluding hydrogens is 265 g/mol. The SMILES string of the molecule is C=C[C@@H]1CC[C@H](C=C)[C@H]1Oc1ccc(C(F)(F)F)cc1. The molecule has 1 aromatic rings. The Hall–Kier alpha value is -1.71. The quantitative estimate of drug-likeness (QED) is 0.717. The maximum atomic E-state index is 12.5. The molecule has 0 spiro atoms. The lowest BCUT2D eigenvalue weighted by molar-refractivity contribution is -0.137. The van der Waals surface area contributed by atoms with E-state index in [2.05, 4.69) is 13.2 Å². The summed E-state index contributed by atoms with van der Waals surface area (Å²) in [5.41, 5.74) is -0.670. The summed E-state index contributed by atoms with van der Waals surface area (Å²) < 4.78 is 43.3. The predicted molar refractivity (Wildman–Crippen MR) is 72.5 cm³/mol. The van der Waals surface area contributed by atoms with Crippen molar-refractivity contribution in [2.24, 2.45) is 11.8 Å².